The summed E-state index contributed by atoms with van der Waals surface area (Å²) in [7, 11) is 1.55. The molecule has 1 N–H and O–H groups in total. The van der Waals surface area contributed by atoms with Gasteiger partial charge < -0.3 is 14.0 Å². The number of benzene rings is 2. The van der Waals surface area contributed by atoms with Gasteiger partial charge in [0, 0.05) is 11.6 Å². The van der Waals surface area contributed by atoms with Crippen LogP contribution in [0.3, 0.4) is 0 Å². The molecular weight excluding hydrogens is 320 g/mol. The zero-order chi connectivity index (χ0) is 17.6. The lowest BCUT2D eigenvalue weighted by Gasteiger charge is -2.15. The van der Waals surface area contributed by atoms with Crippen molar-refractivity contribution in [1.82, 2.24) is 5.16 Å². The summed E-state index contributed by atoms with van der Waals surface area (Å²) in [5.41, 5.74) is 1.55. The Kier molecular flexibility index (Phi) is 4.99. The van der Waals surface area contributed by atoms with Gasteiger partial charge in [-0.1, -0.05) is 47.6 Å². The van der Waals surface area contributed by atoms with Crippen molar-refractivity contribution in [2.45, 2.75) is 13.0 Å². The van der Waals surface area contributed by atoms with Crippen LogP contribution in [0.15, 0.2) is 65.2 Å². The monoisotopic (exact) mass is 338 g/mol. The molecule has 0 saturated heterocycles. The highest BCUT2D eigenvalue weighted by atomic mass is 16.5. The van der Waals surface area contributed by atoms with Crippen LogP contribution in [-0.4, -0.2) is 24.3 Å². The molecule has 1 atom stereocenters. The van der Waals surface area contributed by atoms with Crippen molar-refractivity contribution in [3.63, 3.8) is 0 Å². The number of hydrogen-bond donors (Lipinski definition) is 1. The zero-order valence-electron chi connectivity index (χ0n) is 13.9. The molecule has 0 aliphatic carbocycles. The number of anilines is 1. The van der Waals surface area contributed by atoms with Gasteiger partial charge in [0.15, 0.2) is 17.6 Å². The summed E-state index contributed by atoms with van der Waals surface area (Å²) in [5.74, 6) is 0.976. The summed E-state index contributed by atoms with van der Waals surface area (Å²) in [6.45, 7) is 1.65. The topological polar surface area (TPSA) is 73.6 Å². The van der Waals surface area contributed by atoms with E-state index in [-0.39, 0.29) is 11.8 Å². The van der Waals surface area contributed by atoms with E-state index in [2.05, 4.69) is 10.5 Å². The molecule has 6 heteroatoms. The third kappa shape index (κ3) is 3.98. The third-order valence-corrected chi connectivity index (χ3v) is 3.57. The number of methoxy groups -OCH3 is 1. The maximum absolute atomic E-state index is 12.3. The first-order valence-corrected chi connectivity index (χ1v) is 7.80. The van der Waals surface area contributed by atoms with Crippen molar-refractivity contribution in [3.05, 3.63) is 60.7 Å². The minimum atomic E-state index is -0.735. The lowest BCUT2D eigenvalue weighted by Crippen LogP contribution is -2.30. The van der Waals surface area contributed by atoms with Crippen LogP contribution in [0.25, 0.3) is 11.3 Å². The van der Waals surface area contributed by atoms with Gasteiger partial charge in [-0.2, -0.15) is 0 Å². The molecule has 2 aromatic carbocycles. The summed E-state index contributed by atoms with van der Waals surface area (Å²) in [5, 5.41) is 6.62. The second-order valence-electron chi connectivity index (χ2n) is 5.34. The van der Waals surface area contributed by atoms with Crippen LogP contribution in [0.2, 0.25) is 0 Å². The summed E-state index contributed by atoms with van der Waals surface area (Å²) >= 11 is 0. The summed E-state index contributed by atoms with van der Waals surface area (Å²) in [6.07, 6.45) is -0.735. The van der Waals surface area contributed by atoms with Crippen molar-refractivity contribution < 1.29 is 18.8 Å². The maximum atomic E-state index is 12.3. The van der Waals surface area contributed by atoms with Gasteiger partial charge in [-0.05, 0) is 19.1 Å². The van der Waals surface area contributed by atoms with Crippen LogP contribution in [0.5, 0.6) is 11.5 Å². The Balaban J connectivity index is 1.65. The minimum absolute atomic E-state index is 0.263. The molecule has 1 aromatic heterocycles. The largest absolute Gasteiger partial charge is 0.493 e. The SMILES string of the molecule is COc1ccccc1O[C@H](C)C(=O)Nc1cc(-c2ccccc2)no1. The molecule has 128 valence electrons. The first-order chi connectivity index (χ1) is 12.2. The third-order valence-electron chi connectivity index (χ3n) is 3.57. The maximum Gasteiger partial charge on any atom is 0.267 e. The average molecular weight is 338 g/mol. The van der Waals surface area contributed by atoms with E-state index in [9.17, 15) is 4.79 Å². The smallest absolute Gasteiger partial charge is 0.267 e. The van der Waals surface area contributed by atoms with Crippen LogP contribution in [-0.2, 0) is 4.79 Å². The number of carbonyl (C=O) groups excluding carboxylic acids is 1. The lowest BCUT2D eigenvalue weighted by atomic mass is 10.1. The van der Waals surface area contributed by atoms with Gasteiger partial charge in [-0.25, -0.2) is 0 Å². The van der Waals surface area contributed by atoms with E-state index in [4.69, 9.17) is 14.0 Å². The van der Waals surface area contributed by atoms with Gasteiger partial charge in [0.25, 0.3) is 5.91 Å². The van der Waals surface area contributed by atoms with Crippen molar-refractivity contribution in [2.75, 3.05) is 12.4 Å². The molecule has 0 radical (unpaired) electrons. The number of para-hydroxylation sites is 2. The van der Waals surface area contributed by atoms with E-state index in [1.165, 1.54) is 0 Å². The molecule has 0 aliphatic rings. The molecular formula is C19H18N2O4. The standard InChI is InChI=1S/C19H18N2O4/c1-13(24-17-11-7-6-10-16(17)23-2)19(22)20-18-12-15(21-25-18)14-8-4-3-5-9-14/h3-13H,1-2H3,(H,20,22)/t13-/m1/s1. The number of nitrogens with zero attached hydrogens (tertiary/aromatic N) is 1. The van der Waals surface area contributed by atoms with Crippen LogP contribution < -0.4 is 14.8 Å². The first-order valence-electron chi connectivity index (χ1n) is 7.80. The quantitative estimate of drug-likeness (QED) is 0.741. The minimum Gasteiger partial charge on any atom is -0.493 e. The number of amides is 1. The van der Waals surface area contributed by atoms with Gasteiger partial charge in [-0.15, -0.1) is 0 Å². The van der Waals surface area contributed by atoms with E-state index in [0.717, 1.165) is 5.56 Å². The Labute approximate surface area is 145 Å². The fourth-order valence-electron chi connectivity index (χ4n) is 2.26. The lowest BCUT2D eigenvalue weighted by molar-refractivity contribution is -0.122. The van der Waals surface area contributed by atoms with Gasteiger partial charge >= 0.3 is 0 Å². The van der Waals surface area contributed by atoms with Gasteiger partial charge in [0.2, 0.25) is 5.88 Å². The Morgan fingerprint density at radius 3 is 2.48 bits per heavy atom. The molecule has 1 heterocycles. The zero-order valence-corrected chi connectivity index (χ0v) is 13.9. The predicted molar refractivity (Wildman–Crippen MR) is 93.7 cm³/mol. The molecule has 0 fully saturated rings. The molecule has 3 rings (SSSR count). The number of nitrogens with one attached hydrogen (secondary N) is 1. The van der Waals surface area contributed by atoms with Gasteiger partial charge in [0.05, 0.1) is 7.11 Å². The van der Waals surface area contributed by atoms with E-state index in [1.807, 2.05) is 42.5 Å². The van der Waals surface area contributed by atoms with Crippen LogP contribution >= 0.6 is 0 Å². The Bertz CT molecular complexity index is 845. The molecule has 0 unspecified atom stereocenters. The predicted octanol–water partition coefficient (Wildman–Crippen LogP) is 3.76. The summed E-state index contributed by atoms with van der Waals surface area (Å²) in [4.78, 5) is 12.3. The molecule has 0 spiro atoms. The second-order valence-corrected chi connectivity index (χ2v) is 5.34. The van der Waals surface area contributed by atoms with E-state index in [1.54, 1.807) is 32.2 Å². The molecule has 0 saturated carbocycles. The van der Waals surface area contributed by atoms with Crippen molar-refractivity contribution in [3.8, 4) is 22.8 Å². The fourth-order valence-corrected chi connectivity index (χ4v) is 2.26. The number of ether oxygens (including phenoxy) is 2. The van der Waals surface area contributed by atoms with Gasteiger partial charge in [0.1, 0.15) is 5.69 Å². The second kappa shape index (κ2) is 7.53. The molecule has 0 bridgehead atoms. The van der Waals surface area contributed by atoms with Crippen LogP contribution in [0, 0.1) is 0 Å². The highest BCUT2D eigenvalue weighted by Gasteiger charge is 2.18. The highest BCUT2D eigenvalue weighted by Crippen LogP contribution is 2.27. The first kappa shape index (κ1) is 16.6. The summed E-state index contributed by atoms with van der Waals surface area (Å²) < 4.78 is 16.0. The normalized spacial score (nSPS) is 11.6. The van der Waals surface area contributed by atoms with Crippen molar-refractivity contribution in [1.29, 1.82) is 0 Å². The van der Waals surface area contributed by atoms with Crippen molar-refractivity contribution in [2.24, 2.45) is 0 Å². The van der Waals surface area contributed by atoms with E-state index < -0.39 is 6.10 Å². The highest BCUT2D eigenvalue weighted by molar-refractivity contribution is 5.93. The number of carbonyl (C=O) groups is 1. The Morgan fingerprint density at radius 2 is 1.76 bits per heavy atom. The van der Waals surface area contributed by atoms with Gasteiger partial charge in [-0.3, -0.25) is 10.1 Å². The summed E-state index contributed by atoms with van der Waals surface area (Å²) in [6, 6.07) is 18.4. The van der Waals surface area contributed by atoms with E-state index in [0.29, 0.717) is 17.2 Å². The Morgan fingerprint density at radius 1 is 1.08 bits per heavy atom. The van der Waals surface area contributed by atoms with Crippen LogP contribution in [0.4, 0.5) is 5.88 Å². The number of rotatable bonds is 6. The fraction of sp³-hybridized carbons (Fsp3) is 0.158. The van der Waals surface area contributed by atoms with Crippen LogP contribution in [0.1, 0.15) is 6.92 Å². The van der Waals surface area contributed by atoms with E-state index >= 15 is 0 Å². The Hall–Kier alpha value is -3.28. The molecule has 25 heavy (non-hydrogen) atoms. The average Bonchev–Trinajstić information content (AvgIpc) is 3.11. The molecule has 6 nitrogen and oxygen atoms in total. The molecule has 1 amide bonds. The molecule has 0 aliphatic heterocycles. The van der Waals surface area contributed by atoms with Crippen molar-refractivity contribution >= 4 is 11.8 Å². The molecule has 3 aromatic rings. The number of aromatic nitrogens is 1. The number of hydrogen-bond acceptors (Lipinski definition) is 5.